The van der Waals surface area contributed by atoms with Crippen molar-refractivity contribution in [1.29, 1.82) is 0 Å². The van der Waals surface area contributed by atoms with Crippen LogP contribution in [0.2, 0.25) is 5.02 Å². The van der Waals surface area contributed by atoms with Gasteiger partial charge in [0.2, 0.25) is 10.0 Å². The third-order valence-electron chi connectivity index (χ3n) is 4.36. The summed E-state index contributed by atoms with van der Waals surface area (Å²) in [5, 5.41) is 1.31. The highest BCUT2D eigenvalue weighted by atomic mass is 79.9. The number of aromatic amines is 1. The molecule has 0 atom stereocenters. The van der Waals surface area contributed by atoms with Crippen LogP contribution in [0.5, 0.6) is 0 Å². The largest absolute Gasteiger partial charge is 0.358 e. The summed E-state index contributed by atoms with van der Waals surface area (Å²) in [5.74, 6) is 0. The minimum Gasteiger partial charge on any atom is -0.358 e. The van der Waals surface area contributed by atoms with Crippen LogP contribution in [-0.2, 0) is 23.0 Å². The van der Waals surface area contributed by atoms with Gasteiger partial charge in [0.05, 0.1) is 5.02 Å². The van der Waals surface area contributed by atoms with Gasteiger partial charge < -0.3 is 4.98 Å². The Kier molecular flexibility index (Phi) is 3.95. The lowest BCUT2D eigenvalue weighted by atomic mass is 10.1. The van der Waals surface area contributed by atoms with Crippen LogP contribution in [0.4, 0.5) is 0 Å². The molecule has 0 radical (unpaired) electrons. The lowest BCUT2D eigenvalue weighted by molar-refractivity contribution is 0.391. The molecular formula is C17H14BrClN2O2S. The first-order valence-electron chi connectivity index (χ1n) is 7.50. The molecule has 7 heteroatoms. The number of hydrogen-bond acceptors (Lipinski definition) is 2. The van der Waals surface area contributed by atoms with Crippen molar-refractivity contribution >= 4 is 48.5 Å². The molecule has 1 aromatic heterocycles. The van der Waals surface area contributed by atoms with E-state index < -0.39 is 10.0 Å². The third-order valence-corrected chi connectivity index (χ3v) is 7.18. The summed E-state index contributed by atoms with van der Waals surface area (Å²) in [7, 11) is -3.63. The van der Waals surface area contributed by atoms with Crippen LogP contribution in [0, 0.1) is 0 Å². The lowest BCUT2D eigenvalue weighted by Gasteiger charge is -2.27. The van der Waals surface area contributed by atoms with E-state index in [-0.39, 0.29) is 9.92 Å². The Morgan fingerprint density at radius 2 is 1.96 bits per heavy atom. The maximum atomic E-state index is 13.0. The van der Waals surface area contributed by atoms with Crippen LogP contribution < -0.4 is 0 Å². The van der Waals surface area contributed by atoms with Gasteiger partial charge in [0.25, 0.3) is 0 Å². The van der Waals surface area contributed by atoms with Gasteiger partial charge in [0.15, 0.2) is 0 Å². The minimum absolute atomic E-state index is 0.149. The van der Waals surface area contributed by atoms with Gasteiger partial charge in [0, 0.05) is 40.6 Å². The number of benzene rings is 2. The molecule has 0 fully saturated rings. The van der Waals surface area contributed by atoms with Crippen molar-refractivity contribution in [2.75, 3.05) is 6.54 Å². The number of hydrogen-bond donors (Lipinski definition) is 1. The normalized spacial score (nSPS) is 15.6. The predicted molar refractivity (Wildman–Crippen MR) is 98.8 cm³/mol. The number of nitrogens with one attached hydrogen (secondary N) is 1. The molecule has 3 aromatic rings. The Morgan fingerprint density at radius 3 is 2.75 bits per heavy atom. The number of aromatic nitrogens is 1. The molecule has 1 aliphatic rings. The highest BCUT2D eigenvalue weighted by molar-refractivity contribution is 9.10. The molecule has 2 heterocycles. The van der Waals surface area contributed by atoms with Crippen molar-refractivity contribution in [1.82, 2.24) is 9.29 Å². The van der Waals surface area contributed by atoms with Crippen LogP contribution in [0.1, 0.15) is 11.3 Å². The number of para-hydroxylation sites is 1. The summed E-state index contributed by atoms with van der Waals surface area (Å²) in [6.45, 7) is 0.794. The molecule has 1 N–H and O–H groups in total. The molecule has 24 heavy (non-hydrogen) atoms. The van der Waals surface area contributed by atoms with E-state index >= 15 is 0 Å². The van der Waals surface area contributed by atoms with Gasteiger partial charge in [-0.1, -0.05) is 45.7 Å². The Morgan fingerprint density at radius 1 is 1.17 bits per heavy atom. The molecule has 0 aliphatic carbocycles. The molecule has 0 bridgehead atoms. The fourth-order valence-corrected chi connectivity index (χ4v) is 5.59. The number of sulfonamides is 1. The minimum atomic E-state index is -3.63. The second-order valence-electron chi connectivity index (χ2n) is 5.79. The van der Waals surface area contributed by atoms with Gasteiger partial charge in [0.1, 0.15) is 4.90 Å². The fourth-order valence-electron chi connectivity index (χ4n) is 3.17. The summed E-state index contributed by atoms with van der Waals surface area (Å²) < 4.78 is 28.3. The predicted octanol–water partition coefficient (Wildman–Crippen LogP) is 4.33. The maximum absolute atomic E-state index is 13.0. The lowest BCUT2D eigenvalue weighted by Crippen LogP contribution is -2.35. The average Bonchev–Trinajstić information content (AvgIpc) is 2.92. The van der Waals surface area contributed by atoms with Gasteiger partial charge in [-0.05, 0) is 29.8 Å². The SMILES string of the molecule is O=S(=O)(c1ccc(Br)cc1Cl)N1CCc2[nH]c3ccccc3c2C1. The topological polar surface area (TPSA) is 53.2 Å². The fraction of sp³-hybridized carbons (Fsp3) is 0.176. The van der Waals surface area contributed by atoms with Crippen LogP contribution in [-0.4, -0.2) is 24.3 Å². The average molecular weight is 426 g/mol. The van der Waals surface area contributed by atoms with E-state index in [0.717, 1.165) is 26.6 Å². The summed E-state index contributed by atoms with van der Waals surface area (Å²) in [6.07, 6.45) is 0.664. The first kappa shape index (κ1) is 16.1. The van der Waals surface area contributed by atoms with Crippen molar-refractivity contribution in [3.05, 3.63) is 63.2 Å². The van der Waals surface area contributed by atoms with E-state index in [1.165, 1.54) is 4.31 Å². The number of halogens is 2. The molecule has 0 amide bonds. The second kappa shape index (κ2) is 5.88. The van der Waals surface area contributed by atoms with E-state index in [9.17, 15) is 8.42 Å². The van der Waals surface area contributed by atoms with Gasteiger partial charge in [-0.15, -0.1) is 0 Å². The highest BCUT2D eigenvalue weighted by Gasteiger charge is 2.31. The van der Waals surface area contributed by atoms with Crippen molar-refractivity contribution in [2.45, 2.75) is 17.9 Å². The molecule has 124 valence electrons. The third kappa shape index (κ3) is 2.58. The first-order chi connectivity index (χ1) is 11.5. The molecule has 4 rings (SSSR count). The van der Waals surface area contributed by atoms with Gasteiger partial charge in [-0.3, -0.25) is 0 Å². The van der Waals surface area contributed by atoms with Crippen molar-refractivity contribution in [3.8, 4) is 0 Å². The van der Waals surface area contributed by atoms with Crippen LogP contribution in [0.3, 0.4) is 0 Å². The Labute approximate surface area is 153 Å². The van der Waals surface area contributed by atoms with Crippen molar-refractivity contribution in [2.24, 2.45) is 0 Å². The summed E-state index contributed by atoms with van der Waals surface area (Å²) in [6, 6.07) is 12.8. The maximum Gasteiger partial charge on any atom is 0.244 e. The van der Waals surface area contributed by atoms with E-state index in [0.29, 0.717) is 19.5 Å². The smallest absolute Gasteiger partial charge is 0.244 e. The van der Waals surface area contributed by atoms with E-state index in [2.05, 4.69) is 20.9 Å². The zero-order valence-electron chi connectivity index (χ0n) is 12.6. The summed E-state index contributed by atoms with van der Waals surface area (Å²) in [4.78, 5) is 3.54. The van der Waals surface area contributed by atoms with Gasteiger partial charge >= 0.3 is 0 Å². The van der Waals surface area contributed by atoms with E-state index in [1.807, 2.05) is 24.3 Å². The Bertz CT molecular complexity index is 1050. The number of H-pyrrole nitrogens is 1. The molecule has 0 unspecified atom stereocenters. The molecule has 2 aromatic carbocycles. The van der Waals surface area contributed by atoms with Crippen LogP contribution in [0.15, 0.2) is 51.8 Å². The number of fused-ring (bicyclic) bond motifs is 3. The zero-order chi connectivity index (χ0) is 16.9. The van der Waals surface area contributed by atoms with Crippen molar-refractivity contribution < 1.29 is 8.42 Å². The summed E-state index contributed by atoms with van der Waals surface area (Å²) >= 11 is 9.47. The van der Waals surface area contributed by atoms with Crippen LogP contribution in [0.25, 0.3) is 10.9 Å². The molecule has 1 aliphatic heterocycles. The van der Waals surface area contributed by atoms with Crippen LogP contribution >= 0.6 is 27.5 Å². The first-order valence-corrected chi connectivity index (χ1v) is 10.1. The van der Waals surface area contributed by atoms with E-state index in [1.54, 1.807) is 18.2 Å². The Balaban J connectivity index is 1.76. The van der Waals surface area contributed by atoms with Gasteiger partial charge in [-0.25, -0.2) is 8.42 Å². The Hall–Kier alpha value is -1.34. The standard InChI is InChI=1S/C17H14BrClN2O2S/c18-11-5-6-17(14(19)9-11)24(22,23)21-8-7-16-13(10-21)12-3-1-2-4-15(12)20-16/h1-6,9,20H,7-8,10H2. The summed E-state index contributed by atoms with van der Waals surface area (Å²) in [5.41, 5.74) is 3.21. The number of nitrogens with zero attached hydrogens (tertiary/aromatic N) is 1. The monoisotopic (exact) mass is 424 g/mol. The molecule has 0 saturated carbocycles. The van der Waals surface area contributed by atoms with Crippen molar-refractivity contribution in [3.63, 3.8) is 0 Å². The highest BCUT2D eigenvalue weighted by Crippen LogP contribution is 2.33. The van der Waals surface area contributed by atoms with Gasteiger partial charge in [-0.2, -0.15) is 4.31 Å². The molecule has 0 spiro atoms. The second-order valence-corrected chi connectivity index (χ2v) is 9.02. The number of rotatable bonds is 2. The molecular weight excluding hydrogens is 412 g/mol. The molecule has 4 nitrogen and oxygen atoms in total. The zero-order valence-corrected chi connectivity index (χ0v) is 15.7. The quantitative estimate of drug-likeness (QED) is 0.664. The molecule has 0 saturated heterocycles. The van der Waals surface area contributed by atoms with E-state index in [4.69, 9.17) is 11.6 Å².